The lowest BCUT2D eigenvalue weighted by Crippen LogP contribution is -2.35. The Morgan fingerprint density at radius 2 is 2.12 bits per heavy atom. The van der Waals surface area contributed by atoms with E-state index >= 15 is 0 Å². The minimum atomic E-state index is -4.34. The molecule has 1 aromatic heterocycles. The predicted octanol–water partition coefficient (Wildman–Crippen LogP) is 2.45. The van der Waals surface area contributed by atoms with Gasteiger partial charge in [-0.3, -0.25) is 9.69 Å². The minimum absolute atomic E-state index is 0.163. The number of anilines is 1. The fourth-order valence-electron chi connectivity index (χ4n) is 2.54. The smallest absolute Gasteiger partial charge is 0.359 e. The third-order valence-corrected chi connectivity index (χ3v) is 4.04. The van der Waals surface area contributed by atoms with E-state index in [0.29, 0.717) is 17.1 Å². The first kappa shape index (κ1) is 16.6. The molecular weight excluding hydrogens is 329 g/mol. The molecule has 0 aromatic carbocycles. The second-order valence-electron chi connectivity index (χ2n) is 6.07. The van der Waals surface area contributed by atoms with Gasteiger partial charge in [0, 0.05) is 12.5 Å². The van der Waals surface area contributed by atoms with Gasteiger partial charge in [-0.2, -0.15) is 13.2 Å². The highest BCUT2D eigenvalue weighted by Gasteiger charge is 2.36. The van der Waals surface area contributed by atoms with Gasteiger partial charge in [-0.25, -0.2) is 4.79 Å². The highest BCUT2D eigenvalue weighted by Crippen LogP contribution is 2.44. The quantitative estimate of drug-likeness (QED) is 0.908. The van der Waals surface area contributed by atoms with Gasteiger partial charge >= 0.3 is 12.2 Å². The number of halogens is 3. The summed E-state index contributed by atoms with van der Waals surface area (Å²) >= 11 is 0. The van der Waals surface area contributed by atoms with Crippen molar-refractivity contribution in [2.75, 3.05) is 25.1 Å². The second kappa shape index (κ2) is 5.99. The van der Waals surface area contributed by atoms with Crippen LogP contribution in [0.25, 0.3) is 0 Å². The van der Waals surface area contributed by atoms with Gasteiger partial charge in [-0.05, 0) is 19.8 Å². The van der Waals surface area contributed by atoms with E-state index < -0.39 is 31.1 Å². The minimum Gasteiger partial charge on any atom is -0.359 e. The highest BCUT2D eigenvalue weighted by atomic mass is 19.4. The van der Waals surface area contributed by atoms with Crippen molar-refractivity contribution in [1.29, 1.82) is 0 Å². The van der Waals surface area contributed by atoms with Crippen LogP contribution in [0.4, 0.5) is 23.7 Å². The van der Waals surface area contributed by atoms with Crippen molar-refractivity contribution < 1.29 is 27.3 Å². The average molecular weight is 346 g/mol. The zero-order chi connectivity index (χ0) is 17.5. The first-order valence-electron chi connectivity index (χ1n) is 7.61. The molecule has 2 fully saturated rings. The molecule has 1 aliphatic heterocycles. The SMILES string of the molecule is Cc1noc(C2CC2)c1NC(=O)N1CC(=O)N(CCC(F)(F)F)C1. The van der Waals surface area contributed by atoms with E-state index in [9.17, 15) is 22.8 Å². The van der Waals surface area contributed by atoms with Gasteiger partial charge in [-0.1, -0.05) is 5.16 Å². The number of amides is 3. The summed E-state index contributed by atoms with van der Waals surface area (Å²) in [6.45, 7) is 0.831. The van der Waals surface area contributed by atoms with Gasteiger partial charge in [0.15, 0.2) is 5.76 Å². The number of alkyl halides is 3. The van der Waals surface area contributed by atoms with E-state index in [4.69, 9.17) is 4.52 Å². The van der Waals surface area contributed by atoms with E-state index in [0.717, 1.165) is 17.7 Å². The van der Waals surface area contributed by atoms with Crippen molar-refractivity contribution in [1.82, 2.24) is 15.0 Å². The summed E-state index contributed by atoms with van der Waals surface area (Å²) in [5.74, 6) is 0.351. The van der Waals surface area contributed by atoms with Crippen molar-refractivity contribution in [3.63, 3.8) is 0 Å². The third kappa shape index (κ3) is 3.62. The van der Waals surface area contributed by atoms with Crippen molar-refractivity contribution in [2.24, 2.45) is 0 Å². The normalized spacial score (nSPS) is 18.4. The molecule has 24 heavy (non-hydrogen) atoms. The molecule has 2 aliphatic rings. The predicted molar refractivity (Wildman–Crippen MR) is 76.2 cm³/mol. The van der Waals surface area contributed by atoms with Crippen LogP contribution in [0.5, 0.6) is 0 Å². The lowest BCUT2D eigenvalue weighted by atomic mass is 10.2. The largest absolute Gasteiger partial charge is 0.390 e. The number of carbonyl (C=O) groups excluding carboxylic acids is 2. The van der Waals surface area contributed by atoms with Gasteiger partial charge in [-0.15, -0.1) is 0 Å². The number of nitrogens with zero attached hydrogens (tertiary/aromatic N) is 3. The molecule has 1 aliphatic carbocycles. The van der Waals surface area contributed by atoms with Crippen LogP contribution in [0, 0.1) is 6.92 Å². The van der Waals surface area contributed by atoms with Crippen molar-refractivity contribution in [3.8, 4) is 0 Å². The highest BCUT2D eigenvalue weighted by molar-refractivity contribution is 5.95. The Kier molecular flexibility index (Phi) is 4.14. The standard InChI is InChI=1S/C14H17F3N4O3/c1-8-11(12(24-19-8)9-2-3-9)18-13(23)21-6-10(22)20(7-21)5-4-14(15,16)17/h9H,2-7H2,1H3,(H,18,23). The molecule has 0 bridgehead atoms. The second-order valence-corrected chi connectivity index (χ2v) is 6.07. The first-order chi connectivity index (χ1) is 11.2. The Labute approximate surface area is 135 Å². The van der Waals surface area contributed by atoms with Crippen LogP contribution in [-0.2, 0) is 4.79 Å². The molecule has 0 spiro atoms. The maximum atomic E-state index is 12.3. The zero-order valence-electron chi connectivity index (χ0n) is 13.0. The first-order valence-corrected chi connectivity index (χ1v) is 7.61. The van der Waals surface area contributed by atoms with E-state index in [2.05, 4.69) is 10.5 Å². The van der Waals surface area contributed by atoms with Crippen LogP contribution < -0.4 is 5.32 Å². The zero-order valence-corrected chi connectivity index (χ0v) is 13.0. The molecule has 0 radical (unpaired) electrons. The molecule has 3 rings (SSSR count). The Bertz CT molecular complexity index is 654. The van der Waals surface area contributed by atoms with Gasteiger partial charge in [0.2, 0.25) is 5.91 Å². The lowest BCUT2D eigenvalue weighted by molar-refractivity contribution is -0.142. The van der Waals surface area contributed by atoms with Crippen LogP contribution in [0.1, 0.15) is 36.6 Å². The molecule has 132 valence electrons. The number of rotatable bonds is 4. The summed E-state index contributed by atoms with van der Waals surface area (Å²) < 4.78 is 42.0. The number of hydrogen-bond acceptors (Lipinski definition) is 4. The summed E-state index contributed by atoms with van der Waals surface area (Å²) in [7, 11) is 0. The molecule has 7 nitrogen and oxygen atoms in total. The fraction of sp³-hybridized carbons (Fsp3) is 0.643. The van der Waals surface area contributed by atoms with Gasteiger partial charge < -0.3 is 14.7 Å². The summed E-state index contributed by atoms with van der Waals surface area (Å²) in [5.41, 5.74) is 1.02. The van der Waals surface area contributed by atoms with Crippen LogP contribution in [-0.4, -0.2) is 52.8 Å². The van der Waals surface area contributed by atoms with E-state index in [-0.39, 0.29) is 19.1 Å². The molecule has 0 unspecified atom stereocenters. The van der Waals surface area contributed by atoms with Gasteiger partial charge in [0.25, 0.3) is 0 Å². The van der Waals surface area contributed by atoms with Crippen LogP contribution in [0.3, 0.4) is 0 Å². The Balaban J connectivity index is 1.60. The Morgan fingerprint density at radius 1 is 1.42 bits per heavy atom. The van der Waals surface area contributed by atoms with Crippen LogP contribution in [0.15, 0.2) is 4.52 Å². The summed E-state index contributed by atoms with van der Waals surface area (Å²) in [5, 5.41) is 6.50. The maximum absolute atomic E-state index is 12.3. The van der Waals surface area contributed by atoms with E-state index in [1.54, 1.807) is 6.92 Å². The maximum Gasteiger partial charge on any atom is 0.390 e. The van der Waals surface area contributed by atoms with Crippen molar-refractivity contribution in [2.45, 2.75) is 38.3 Å². The summed E-state index contributed by atoms with van der Waals surface area (Å²) in [6, 6.07) is -0.550. The fourth-order valence-corrected chi connectivity index (χ4v) is 2.54. The Morgan fingerprint density at radius 3 is 2.75 bits per heavy atom. The topological polar surface area (TPSA) is 78.7 Å². The monoisotopic (exact) mass is 346 g/mol. The molecule has 1 aromatic rings. The van der Waals surface area contributed by atoms with E-state index in [1.807, 2.05) is 0 Å². The van der Waals surface area contributed by atoms with E-state index in [1.165, 1.54) is 4.90 Å². The van der Waals surface area contributed by atoms with Crippen molar-refractivity contribution >= 4 is 17.6 Å². The number of carbonyl (C=O) groups is 2. The summed E-state index contributed by atoms with van der Waals surface area (Å²) in [6.07, 6.45) is -3.50. The molecule has 0 atom stereocenters. The molecule has 1 saturated carbocycles. The molecule has 1 saturated heterocycles. The van der Waals surface area contributed by atoms with Crippen LogP contribution in [0.2, 0.25) is 0 Å². The number of aryl methyl sites for hydroxylation is 1. The molecule has 10 heteroatoms. The molecule has 3 amide bonds. The van der Waals surface area contributed by atoms with Gasteiger partial charge in [0.05, 0.1) is 13.1 Å². The summed E-state index contributed by atoms with van der Waals surface area (Å²) in [4.78, 5) is 26.3. The third-order valence-electron chi connectivity index (χ3n) is 4.04. The number of aromatic nitrogens is 1. The van der Waals surface area contributed by atoms with Crippen LogP contribution >= 0.6 is 0 Å². The molecule has 1 N–H and O–H groups in total. The lowest BCUT2D eigenvalue weighted by Gasteiger charge is -2.19. The Hall–Kier alpha value is -2.26. The number of urea groups is 1. The number of nitrogens with one attached hydrogen (secondary N) is 1. The van der Waals surface area contributed by atoms with Crippen molar-refractivity contribution in [3.05, 3.63) is 11.5 Å². The average Bonchev–Trinajstić information content (AvgIpc) is 3.17. The number of hydrogen-bond donors (Lipinski definition) is 1. The molecule has 2 heterocycles. The molecular formula is C14H17F3N4O3. The van der Waals surface area contributed by atoms with Gasteiger partial charge in [0.1, 0.15) is 17.9 Å².